The minimum atomic E-state index is 0.258. The zero-order chi connectivity index (χ0) is 16.5. The fourth-order valence-corrected chi connectivity index (χ4v) is 3.08. The molecule has 0 fully saturated rings. The van der Waals surface area contributed by atoms with Crippen LogP contribution in [0, 0.1) is 0 Å². The van der Waals surface area contributed by atoms with Gasteiger partial charge in [0.1, 0.15) is 5.75 Å². The summed E-state index contributed by atoms with van der Waals surface area (Å²) >= 11 is 3.46. The van der Waals surface area contributed by atoms with Gasteiger partial charge in [0.2, 0.25) is 0 Å². The summed E-state index contributed by atoms with van der Waals surface area (Å²) in [6.07, 6.45) is 7.40. The molecule has 2 aromatic rings. The second-order valence-corrected chi connectivity index (χ2v) is 6.45. The highest BCUT2D eigenvalue weighted by Gasteiger charge is 2.09. The van der Waals surface area contributed by atoms with E-state index in [0.29, 0.717) is 6.61 Å². The second kappa shape index (κ2) is 9.66. The fourth-order valence-electron chi connectivity index (χ4n) is 2.68. The number of phenolic OH excluding ortho intramolecular Hbond substituents is 1. The molecule has 0 atom stereocenters. The number of unbranched alkanes of at least 4 members (excludes halogenated alkanes) is 5. The first kappa shape index (κ1) is 17.9. The van der Waals surface area contributed by atoms with E-state index in [2.05, 4.69) is 15.9 Å². The number of aromatic hydroxyl groups is 1. The Labute approximate surface area is 146 Å². The van der Waals surface area contributed by atoms with Crippen molar-refractivity contribution in [2.45, 2.75) is 38.5 Å². The first-order valence-corrected chi connectivity index (χ1v) is 9.37. The minimum Gasteiger partial charge on any atom is -0.508 e. The molecule has 0 saturated heterocycles. The van der Waals surface area contributed by atoms with E-state index < -0.39 is 0 Å². The van der Waals surface area contributed by atoms with E-state index in [0.717, 1.165) is 34.0 Å². The molecule has 0 radical (unpaired) electrons. The van der Waals surface area contributed by atoms with Crippen molar-refractivity contribution >= 4 is 26.7 Å². The minimum absolute atomic E-state index is 0.258. The smallest absolute Gasteiger partial charge is 0.168 e. The zero-order valence-corrected chi connectivity index (χ0v) is 15.3. The molecule has 0 saturated carbocycles. The number of benzene rings is 2. The number of fused-ring (bicyclic) bond motifs is 1. The van der Waals surface area contributed by atoms with E-state index in [1.54, 1.807) is 19.2 Å². The van der Waals surface area contributed by atoms with Crippen molar-refractivity contribution in [3.05, 3.63) is 30.3 Å². The number of phenols is 1. The Morgan fingerprint density at radius 1 is 0.957 bits per heavy atom. The monoisotopic (exact) mass is 380 g/mol. The Kier molecular flexibility index (Phi) is 7.53. The largest absolute Gasteiger partial charge is 0.508 e. The van der Waals surface area contributed by atoms with Crippen LogP contribution in [0.4, 0.5) is 0 Å². The van der Waals surface area contributed by atoms with E-state index in [9.17, 15) is 5.11 Å². The van der Waals surface area contributed by atoms with E-state index in [1.807, 2.05) is 18.2 Å². The summed E-state index contributed by atoms with van der Waals surface area (Å²) in [6, 6.07) is 9.13. The molecule has 2 rings (SSSR count). The van der Waals surface area contributed by atoms with E-state index in [1.165, 1.54) is 32.1 Å². The SMILES string of the molecule is COc1c(OCCCCCCCCBr)ccc2cc(O)ccc12. The van der Waals surface area contributed by atoms with Gasteiger partial charge in [-0.1, -0.05) is 47.7 Å². The van der Waals surface area contributed by atoms with E-state index in [-0.39, 0.29) is 5.75 Å². The average molecular weight is 381 g/mol. The van der Waals surface area contributed by atoms with Crippen molar-refractivity contribution in [2.24, 2.45) is 0 Å². The lowest BCUT2D eigenvalue weighted by atomic mass is 10.1. The summed E-state index contributed by atoms with van der Waals surface area (Å²) in [7, 11) is 1.65. The van der Waals surface area contributed by atoms with Crippen LogP contribution in [0.5, 0.6) is 17.2 Å². The third-order valence-electron chi connectivity index (χ3n) is 3.91. The Morgan fingerprint density at radius 3 is 2.43 bits per heavy atom. The molecule has 0 bridgehead atoms. The van der Waals surface area contributed by atoms with Gasteiger partial charge in [-0.05, 0) is 42.5 Å². The van der Waals surface area contributed by atoms with Crippen molar-refractivity contribution in [1.29, 1.82) is 0 Å². The summed E-state index contributed by atoms with van der Waals surface area (Å²) < 4.78 is 11.4. The number of ether oxygens (including phenoxy) is 2. The Hall–Kier alpha value is -1.42. The summed E-state index contributed by atoms with van der Waals surface area (Å²) in [5.74, 6) is 1.76. The molecule has 0 spiro atoms. The van der Waals surface area contributed by atoms with Gasteiger partial charge >= 0.3 is 0 Å². The summed E-state index contributed by atoms with van der Waals surface area (Å²) in [5, 5.41) is 12.6. The topological polar surface area (TPSA) is 38.7 Å². The van der Waals surface area contributed by atoms with Gasteiger partial charge in [0, 0.05) is 10.7 Å². The number of rotatable bonds is 10. The van der Waals surface area contributed by atoms with Crippen molar-refractivity contribution in [1.82, 2.24) is 0 Å². The van der Waals surface area contributed by atoms with Crippen LogP contribution in [0.2, 0.25) is 0 Å². The highest BCUT2D eigenvalue weighted by atomic mass is 79.9. The van der Waals surface area contributed by atoms with Crippen molar-refractivity contribution < 1.29 is 14.6 Å². The molecule has 23 heavy (non-hydrogen) atoms. The molecule has 3 nitrogen and oxygen atoms in total. The molecular weight excluding hydrogens is 356 g/mol. The van der Waals surface area contributed by atoms with Gasteiger partial charge in [0.05, 0.1) is 13.7 Å². The van der Waals surface area contributed by atoms with Gasteiger partial charge in [-0.15, -0.1) is 0 Å². The maximum Gasteiger partial charge on any atom is 0.168 e. The molecule has 0 aliphatic heterocycles. The molecule has 0 unspecified atom stereocenters. The van der Waals surface area contributed by atoms with Crippen LogP contribution in [0.25, 0.3) is 10.8 Å². The fraction of sp³-hybridized carbons (Fsp3) is 0.474. The first-order valence-electron chi connectivity index (χ1n) is 8.24. The molecule has 0 aliphatic rings. The molecule has 2 aromatic carbocycles. The predicted molar refractivity (Wildman–Crippen MR) is 99.2 cm³/mol. The van der Waals surface area contributed by atoms with Crippen molar-refractivity contribution in [3.8, 4) is 17.2 Å². The highest BCUT2D eigenvalue weighted by Crippen LogP contribution is 2.36. The summed E-state index contributed by atoms with van der Waals surface area (Å²) in [5.41, 5.74) is 0. The third kappa shape index (κ3) is 5.31. The Bertz CT molecular complexity index is 613. The number of hydrogen-bond donors (Lipinski definition) is 1. The summed E-state index contributed by atoms with van der Waals surface area (Å²) in [6.45, 7) is 0.707. The van der Waals surface area contributed by atoms with E-state index in [4.69, 9.17) is 9.47 Å². The average Bonchev–Trinajstić information content (AvgIpc) is 2.56. The second-order valence-electron chi connectivity index (χ2n) is 5.66. The van der Waals surface area contributed by atoms with Crippen LogP contribution in [0.15, 0.2) is 30.3 Å². The lowest BCUT2D eigenvalue weighted by molar-refractivity contribution is 0.286. The lowest BCUT2D eigenvalue weighted by Crippen LogP contribution is -2.00. The maximum atomic E-state index is 9.57. The normalized spacial score (nSPS) is 10.9. The van der Waals surface area contributed by atoms with Gasteiger partial charge in [0.15, 0.2) is 11.5 Å². The molecule has 0 amide bonds. The lowest BCUT2D eigenvalue weighted by Gasteiger charge is -2.13. The van der Waals surface area contributed by atoms with Gasteiger partial charge in [-0.3, -0.25) is 0 Å². The van der Waals surface area contributed by atoms with Gasteiger partial charge in [-0.25, -0.2) is 0 Å². The predicted octanol–water partition coefficient (Wildman–Crippen LogP) is 5.67. The van der Waals surface area contributed by atoms with Crippen LogP contribution in [-0.4, -0.2) is 24.2 Å². The standard InChI is InChI=1S/C19H25BrO3/c1-22-19-17-10-9-16(21)14-15(17)8-11-18(19)23-13-7-5-3-2-4-6-12-20/h8-11,14,21H,2-7,12-13H2,1H3. The quantitative estimate of drug-likeness (QED) is 0.426. The van der Waals surface area contributed by atoms with Gasteiger partial charge in [0.25, 0.3) is 0 Å². The van der Waals surface area contributed by atoms with Crippen LogP contribution < -0.4 is 9.47 Å². The number of hydrogen-bond acceptors (Lipinski definition) is 3. The van der Waals surface area contributed by atoms with Gasteiger partial charge in [-0.2, -0.15) is 0 Å². The van der Waals surface area contributed by atoms with Crippen molar-refractivity contribution in [3.63, 3.8) is 0 Å². The summed E-state index contributed by atoms with van der Waals surface area (Å²) in [4.78, 5) is 0. The van der Waals surface area contributed by atoms with Crippen molar-refractivity contribution in [2.75, 3.05) is 19.0 Å². The van der Waals surface area contributed by atoms with Crippen LogP contribution in [-0.2, 0) is 0 Å². The Morgan fingerprint density at radius 2 is 1.70 bits per heavy atom. The molecule has 0 aliphatic carbocycles. The molecular formula is C19H25BrO3. The van der Waals surface area contributed by atoms with E-state index >= 15 is 0 Å². The highest BCUT2D eigenvalue weighted by molar-refractivity contribution is 9.09. The van der Waals surface area contributed by atoms with Gasteiger partial charge < -0.3 is 14.6 Å². The Balaban J connectivity index is 1.86. The zero-order valence-electron chi connectivity index (χ0n) is 13.7. The molecule has 0 heterocycles. The molecule has 126 valence electrons. The first-order chi connectivity index (χ1) is 11.3. The number of methoxy groups -OCH3 is 1. The van der Waals surface area contributed by atoms with Crippen LogP contribution >= 0.6 is 15.9 Å². The molecule has 4 heteroatoms. The third-order valence-corrected chi connectivity index (χ3v) is 4.47. The number of halogens is 1. The molecule has 1 N–H and O–H groups in total. The molecule has 0 aromatic heterocycles. The number of alkyl halides is 1. The van der Waals surface area contributed by atoms with Crippen LogP contribution in [0.1, 0.15) is 38.5 Å². The maximum absolute atomic E-state index is 9.57. The van der Waals surface area contributed by atoms with Crippen LogP contribution in [0.3, 0.4) is 0 Å².